The zero-order valence-corrected chi connectivity index (χ0v) is 12.7. The lowest BCUT2D eigenvalue weighted by atomic mass is 9.86. The molecule has 0 aromatic rings. The van der Waals surface area contributed by atoms with E-state index >= 15 is 0 Å². The maximum Gasteiger partial charge on any atom is -0.00668 e. The summed E-state index contributed by atoms with van der Waals surface area (Å²) in [6, 6.07) is 0. The van der Waals surface area contributed by atoms with E-state index in [0.717, 1.165) is 19.5 Å². The quantitative estimate of drug-likeness (QED) is 0.633. The van der Waals surface area contributed by atoms with Crippen molar-refractivity contribution < 1.29 is 0 Å². The third-order valence-corrected chi connectivity index (χ3v) is 14.7. The Bertz CT molecular complexity index is 282. The fourth-order valence-electron chi connectivity index (χ4n) is 2.44. The van der Waals surface area contributed by atoms with E-state index in [-0.39, 0.29) is 7.30 Å². The van der Waals surface area contributed by atoms with Gasteiger partial charge in [0.05, 0.1) is 0 Å². The first-order valence-corrected chi connectivity index (χ1v) is 11.8. The average Bonchev–Trinajstić information content (AvgIpc) is 2.62. The maximum absolute atomic E-state index is 3.10. The van der Waals surface area contributed by atoms with Crippen molar-refractivity contribution in [3.8, 4) is 0 Å². The third-order valence-electron chi connectivity index (χ3n) is 3.30. The van der Waals surface area contributed by atoms with Crippen molar-refractivity contribution >= 4 is 33.1 Å². The van der Waals surface area contributed by atoms with E-state index in [1.54, 1.807) is 11.1 Å². The first-order valence-electron chi connectivity index (χ1n) is 5.10. The summed E-state index contributed by atoms with van der Waals surface area (Å²) in [5.41, 5.74) is 4.35. The van der Waals surface area contributed by atoms with Gasteiger partial charge in [0.25, 0.3) is 0 Å². The summed E-state index contributed by atoms with van der Waals surface area (Å²) in [5.74, 6) is 0.908. The van der Waals surface area contributed by atoms with Crippen molar-refractivity contribution in [2.24, 2.45) is 5.92 Å². The highest BCUT2D eigenvalue weighted by Crippen LogP contribution is 2.72. The summed E-state index contributed by atoms with van der Waals surface area (Å²) >= 11 is 0. The highest BCUT2D eigenvalue weighted by atomic mass is 32.6. The van der Waals surface area contributed by atoms with Gasteiger partial charge in [0.2, 0.25) is 0 Å². The molecule has 14 heavy (non-hydrogen) atoms. The van der Waals surface area contributed by atoms with Crippen LogP contribution in [0, 0.1) is 5.92 Å². The summed E-state index contributed by atoms with van der Waals surface area (Å²) in [6.07, 6.45) is 8.66. The molecule has 0 aromatic heterocycles. The van der Waals surface area contributed by atoms with E-state index in [9.17, 15) is 0 Å². The van der Waals surface area contributed by atoms with Crippen LogP contribution in [-0.2, 0) is 0 Å². The van der Waals surface area contributed by atoms with Crippen LogP contribution in [-0.4, -0.2) is 5.66 Å². The molecule has 0 saturated carbocycles. The van der Waals surface area contributed by atoms with E-state index in [1.807, 2.05) is 0 Å². The SMILES string of the molecule is C[C@H]1CC2=C(C=CC2)C[C@H]1P(P)PP. The molecule has 0 saturated heterocycles. The Morgan fingerprint density at radius 3 is 3.00 bits per heavy atom. The third kappa shape index (κ3) is 2.30. The van der Waals surface area contributed by atoms with Crippen LogP contribution >= 0.6 is 33.1 Å². The van der Waals surface area contributed by atoms with Crippen LogP contribution in [0.15, 0.2) is 23.3 Å². The minimum absolute atomic E-state index is 0.180. The van der Waals surface area contributed by atoms with Gasteiger partial charge in [-0.3, -0.25) is 0 Å². The highest BCUT2D eigenvalue weighted by molar-refractivity contribution is 8.61. The molecule has 78 valence electrons. The summed E-state index contributed by atoms with van der Waals surface area (Å²) in [4.78, 5) is 0. The van der Waals surface area contributed by atoms with E-state index < -0.39 is 0 Å². The highest BCUT2D eigenvalue weighted by Gasteiger charge is 2.30. The summed E-state index contributed by atoms with van der Waals surface area (Å²) in [5, 5.41) is 0. The first kappa shape index (κ1) is 11.7. The zero-order chi connectivity index (χ0) is 10.1. The second kappa shape index (κ2) is 5.02. The van der Waals surface area contributed by atoms with E-state index in [1.165, 1.54) is 19.3 Å². The van der Waals surface area contributed by atoms with Crippen LogP contribution in [0.2, 0.25) is 0 Å². The molecular weight excluding hydrogens is 244 g/mol. The normalized spacial score (nSPS) is 34.2. The monoisotopic (exact) mass is 262 g/mol. The van der Waals surface area contributed by atoms with Crippen LogP contribution in [0.1, 0.15) is 26.2 Å². The Kier molecular flexibility index (Phi) is 4.19. The number of hydrogen-bond donors (Lipinski definition) is 0. The molecular formula is C10H18P4. The Morgan fingerprint density at radius 2 is 2.29 bits per heavy atom. The minimum atomic E-state index is 0.180. The molecule has 0 nitrogen and oxygen atoms in total. The molecule has 0 spiro atoms. The van der Waals surface area contributed by atoms with Gasteiger partial charge in [-0.2, -0.15) is 0 Å². The molecule has 0 aliphatic heterocycles. The lowest BCUT2D eigenvalue weighted by Gasteiger charge is -2.34. The summed E-state index contributed by atoms with van der Waals surface area (Å²) < 4.78 is 0. The number of allylic oxidation sites excluding steroid dienone is 4. The van der Waals surface area contributed by atoms with Crippen molar-refractivity contribution in [2.75, 3.05) is 0 Å². The molecule has 0 aromatic carbocycles. The van der Waals surface area contributed by atoms with Crippen molar-refractivity contribution in [1.29, 1.82) is 0 Å². The summed E-state index contributed by atoms with van der Waals surface area (Å²) in [6.45, 7) is 2.44. The zero-order valence-electron chi connectivity index (χ0n) is 8.53. The van der Waals surface area contributed by atoms with Crippen LogP contribution in [0.5, 0.6) is 0 Å². The largest absolute Gasteiger partial charge is 0.110 e. The van der Waals surface area contributed by atoms with Gasteiger partial charge in [0.1, 0.15) is 0 Å². The van der Waals surface area contributed by atoms with Gasteiger partial charge < -0.3 is 0 Å². The van der Waals surface area contributed by atoms with Gasteiger partial charge in [0, 0.05) is 0 Å². The van der Waals surface area contributed by atoms with Crippen LogP contribution in [0.4, 0.5) is 0 Å². The second-order valence-electron chi connectivity index (χ2n) is 4.22. The molecule has 0 N–H and O–H groups in total. The standard InChI is InChI=1S/C10H18P4/c1-7-5-8-3-2-4-9(8)6-10(7)14(12)13-11/h2,4,7,10,13H,3,5-6,11-12H2,1H3/t7-,10+,14?/m0/s1. The minimum Gasteiger partial charge on any atom is -0.110 e. The topological polar surface area (TPSA) is 0 Å². The van der Waals surface area contributed by atoms with Crippen molar-refractivity contribution in [1.82, 2.24) is 0 Å². The van der Waals surface area contributed by atoms with E-state index in [4.69, 9.17) is 0 Å². The van der Waals surface area contributed by atoms with Crippen molar-refractivity contribution in [3.05, 3.63) is 23.3 Å². The molecule has 4 unspecified atom stereocenters. The lowest BCUT2D eigenvalue weighted by molar-refractivity contribution is 0.512. The molecule has 2 aliphatic carbocycles. The molecule has 0 amide bonds. The predicted molar refractivity (Wildman–Crippen MR) is 77.6 cm³/mol. The molecule has 4 heteroatoms. The molecule has 0 radical (unpaired) electrons. The average molecular weight is 262 g/mol. The van der Waals surface area contributed by atoms with Gasteiger partial charge in [-0.05, 0) is 36.4 Å². The fraction of sp³-hybridized carbons (Fsp3) is 0.600. The Balaban J connectivity index is 2.11. The summed E-state index contributed by atoms with van der Waals surface area (Å²) in [7, 11) is 7.27. The van der Waals surface area contributed by atoms with Crippen LogP contribution in [0.25, 0.3) is 0 Å². The lowest BCUT2D eigenvalue weighted by Crippen LogP contribution is -2.19. The molecule has 0 heterocycles. The Morgan fingerprint density at radius 1 is 1.50 bits per heavy atom. The molecule has 0 fully saturated rings. The smallest absolute Gasteiger partial charge is 0.00668 e. The van der Waals surface area contributed by atoms with Gasteiger partial charge >= 0.3 is 0 Å². The molecule has 2 aliphatic rings. The fourth-order valence-corrected chi connectivity index (χ4v) is 8.21. The maximum atomic E-state index is 3.10. The van der Waals surface area contributed by atoms with Crippen LogP contribution < -0.4 is 0 Å². The number of hydrogen-bond acceptors (Lipinski definition) is 0. The molecule has 2 rings (SSSR count). The predicted octanol–water partition coefficient (Wildman–Crippen LogP) is 4.70. The van der Waals surface area contributed by atoms with Gasteiger partial charge in [-0.25, -0.2) is 0 Å². The van der Waals surface area contributed by atoms with Gasteiger partial charge in [-0.15, -0.1) is 17.9 Å². The van der Waals surface area contributed by atoms with E-state index in [0.29, 0.717) is 0 Å². The van der Waals surface area contributed by atoms with Gasteiger partial charge in [-0.1, -0.05) is 39.9 Å². The second-order valence-corrected chi connectivity index (χ2v) is 13.8. The number of rotatable bonds is 2. The van der Waals surface area contributed by atoms with Crippen molar-refractivity contribution in [3.63, 3.8) is 0 Å². The molecule has 6 atom stereocenters. The first-order chi connectivity index (χ1) is 6.72. The molecule has 0 bridgehead atoms. The van der Waals surface area contributed by atoms with Crippen LogP contribution in [0.3, 0.4) is 0 Å². The Hall–Kier alpha value is 1.20. The van der Waals surface area contributed by atoms with E-state index in [2.05, 4.69) is 36.9 Å². The Labute approximate surface area is 94.4 Å². The van der Waals surface area contributed by atoms with Crippen molar-refractivity contribution in [2.45, 2.75) is 31.8 Å². The van der Waals surface area contributed by atoms with Gasteiger partial charge in [0.15, 0.2) is 0 Å².